The molecule has 3 rings (SSSR count). The molecule has 0 aromatic carbocycles. The summed E-state index contributed by atoms with van der Waals surface area (Å²) in [7, 11) is 0. The summed E-state index contributed by atoms with van der Waals surface area (Å²) < 4.78 is 0. The molecule has 3 aliphatic rings. The molecule has 2 N–H and O–H groups in total. The van der Waals surface area contributed by atoms with Gasteiger partial charge in [-0.3, -0.25) is 0 Å². The van der Waals surface area contributed by atoms with Crippen LogP contribution in [0.1, 0.15) is 51.4 Å². The van der Waals surface area contributed by atoms with Gasteiger partial charge in [0.25, 0.3) is 0 Å². The molecule has 104 valence electrons. The molecule has 0 amide bonds. The Balaban J connectivity index is 1.48. The van der Waals surface area contributed by atoms with E-state index in [0.717, 1.165) is 12.6 Å². The van der Waals surface area contributed by atoms with Gasteiger partial charge >= 0.3 is 0 Å². The van der Waals surface area contributed by atoms with Crippen molar-refractivity contribution in [3.05, 3.63) is 0 Å². The number of fused-ring (bicyclic) bond motifs is 1. The first-order valence-corrected chi connectivity index (χ1v) is 7.90. The second-order valence-electron chi connectivity index (χ2n) is 6.80. The van der Waals surface area contributed by atoms with Crippen LogP contribution in [0.5, 0.6) is 0 Å². The average molecular weight is 252 g/mol. The third-order valence-electron chi connectivity index (χ3n) is 5.59. The molecule has 0 radical (unpaired) electrons. The molecule has 0 aromatic heterocycles. The van der Waals surface area contributed by atoms with Gasteiger partial charge in [0.15, 0.2) is 0 Å². The topological polar surface area (TPSA) is 35.5 Å². The largest absolute Gasteiger partial charge is 0.396 e. The highest BCUT2D eigenvalue weighted by atomic mass is 16.3. The highest BCUT2D eigenvalue weighted by molar-refractivity contribution is 4.92. The summed E-state index contributed by atoms with van der Waals surface area (Å²) in [4.78, 5) is 2.68. The lowest BCUT2D eigenvalue weighted by molar-refractivity contribution is 0.111. The summed E-state index contributed by atoms with van der Waals surface area (Å²) >= 11 is 0. The molecular formula is C15H28N2O. The van der Waals surface area contributed by atoms with Crippen molar-refractivity contribution in [2.45, 2.75) is 63.5 Å². The number of hydrogen-bond acceptors (Lipinski definition) is 3. The van der Waals surface area contributed by atoms with Crippen molar-refractivity contribution in [1.82, 2.24) is 10.2 Å². The molecule has 2 unspecified atom stereocenters. The average Bonchev–Trinajstić information content (AvgIpc) is 3.05. The van der Waals surface area contributed by atoms with Gasteiger partial charge in [0.05, 0.1) is 0 Å². The van der Waals surface area contributed by atoms with Crippen molar-refractivity contribution in [3.8, 4) is 0 Å². The summed E-state index contributed by atoms with van der Waals surface area (Å²) in [5.74, 6) is 0. The van der Waals surface area contributed by atoms with Crippen LogP contribution >= 0.6 is 0 Å². The Kier molecular flexibility index (Phi) is 3.92. The molecule has 3 fully saturated rings. The predicted molar refractivity (Wildman–Crippen MR) is 73.6 cm³/mol. The van der Waals surface area contributed by atoms with Crippen LogP contribution in [0, 0.1) is 5.41 Å². The van der Waals surface area contributed by atoms with Crippen LogP contribution in [0.15, 0.2) is 0 Å². The zero-order valence-electron chi connectivity index (χ0n) is 11.5. The lowest BCUT2D eigenvalue weighted by Crippen LogP contribution is -2.48. The van der Waals surface area contributed by atoms with E-state index in [-0.39, 0.29) is 5.41 Å². The smallest absolute Gasteiger partial charge is 0.0499 e. The van der Waals surface area contributed by atoms with Gasteiger partial charge in [-0.25, -0.2) is 0 Å². The van der Waals surface area contributed by atoms with Crippen LogP contribution in [0.4, 0.5) is 0 Å². The zero-order chi connectivity index (χ0) is 12.4. The zero-order valence-corrected chi connectivity index (χ0v) is 11.5. The third kappa shape index (κ3) is 2.59. The second kappa shape index (κ2) is 5.48. The molecule has 18 heavy (non-hydrogen) atoms. The number of aliphatic hydroxyl groups is 1. The van der Waals surface area contributed by atoms with Crippen molar-refractivity contribution in [2.75, 3.05) is 26.2 Å². The van der Waals surface area contributed by atoms with Crippen molar-refractivity contribution in [3.63, 3.8) is 0 Å². The van der Waals surface area contributed by atoms with E-state index in [0.29, 0.717) is 12.6 Å². The van der Waals surface area contributed by atoms with E-state index in [9.17, 15) is 5.11 Å². The molecule has 3 nitrogen and oxygen atoms in total. The number of nitrogens with one attached hydrogen (secondary N) is 1. The van der Waals surface area contributed by atoms with Crippen LogP contribution in [0.3, 0.4) is 0 Å². The molecule has 2 heterocycles. The summed E-state index contributed by atoms with van der Waals surface area (Å²) in [6.45, 7) is 4.04. The maximum Gasteiger partial charge on any atom is 0.0499 e. The summed E-state index contributed by atoms with van der Waals surface area (Å²) in [5.41, 5.74) is 0.215. The maximum absolute atomic E-state index is 9.65. The van der Waals surface area contributed by atoms with Gasteiger partial charge in [-0.05, 0) is 51.6 Å². The van der Waals surface area contributed by atoms with Gasteiger partial charge < -0.3 is 15.3 Å². The van der Waals surface area contributed by atoms with E-state index in [1.807, 2.05) is 0 Å². The lowest BCUT2D eigenvalue weighted by Gasteiger charge is -2.37. The van der Waals surface area contributed by atoms with Crippen LogP contribution < -0.4 is 5.32 Å². The highest BCUT2D eigenvalue weighted by Gasteiger charge is 2.35. The first-order valence-electron chi connectivity index (χ1n) is 7.90. The first-order chi connectivity index (χ1) is 8.81. The quantitative estimate of drug-likeness (QED) is 0.800. The maximum atomic E-state index is 9.65. The van der Waals surface area contributed by atoms with Gasteiger partial charge in [-0.2, -0.15) is 0 Å². The van der Waals surface area contributed by atoms with Gasteiger partial charge in [0, 0.05) is 30.7 Å². The molecule has 1 saturated carbocycles. The van der Waals surface area contributed by atoms with E-state index in [2.05, 4.69) is 10.2 Å². The Labute approximate surface area is 111 Å². The minimum atomic E-state index is 0.215. The molecular weight excluding hydrogens is 224 g/mol. The Bertz CT molecular complexity index is 276. The lowest BCUT2D eigenvalue weighted by atomic mass is 9.86. The van der Waals surface area contributed by atoms with Crippen LogP contribution in [-0.2, 0) is 0 Å². The van der Waals surface area contributed by atoms with E-state index in [1.54, 1.807) is 0 Å². The molecule has 0 bridgehead atoms. The van der Waals surface area contributed by atoms with Gasteiger partial charge in [0.2, 0.25) is 0 Å². The monoisotopic (exact) mass is 252 g/mol. The van der Waals surface area contributed by atoms with Crippen molar-refractivity contribution >= 4 is 0 Å². The third-order valence-corrected chi connectivity index (χ3v) is 5.59. The van der Waals surface area contributed by atoms with Gasteiger partial charge in [0.1, 0.15) is 0 Å². The minimum Gasteiger partial charge on any atom is -0.396 e. The van der Waals surface area contributed by atoms with E-state index < -0.39 is 0 Å². The number of rotatable bonds is 4. The van der Waals surface area contributed by atoms with Crippen molar-refractivity contribution in [1.29, 1.82) is 0 Å². The minimum absolute atomic E-state index is 0.215. The predicted octanol–water partition coefficient (Wildman–Crippen LogP) is 1.76. The first kappa shape index (κ1) is 12.9. The standard InChI is InChI=1S/C15H28N2O/c18-12-15(6-1-2-7-15)11-16-13-5-9-17-8-3-4-14(17)10-13/h13-14,16,18H,1-12H2. The van der Waals surface area contributed by atoms with Crippen LogP contribution in [-0.4, -0.2) is 48.3 Å². The fourth-order valence-electron chi connectivity index (χ4n) is 4.29. The Morgan fingerprint density at radius 3 is 2.72 bits per heavy atom. The van der Waals surface area contributed by atoms with Crippen molar-refractivity contribution in [2.24, 2.45) is 5.41 Å². The highest BCUT2D eigenvalue weighted by Crippen LogP contribution is 2.37. The SMILES string of the molecule is OCC1(CNC2CCN3CCCC3C2)CCCC1. The van der Waals surface area contributed by atoms with Crippen LogP contribution in [0.25, 0.3) is 0 Å². The summed E-state index contributed by atoms with van der Waals surface area (Å²) in [6.07, 6.45) is 10.5. The molecule has 2 atom stereocenters. The van der Waals surface area contributed by atoms with Gasteiger partial charge in [-0.15, -0.1) is 0 Å². The Morgan fingerprint density at radius 1 is 1.11 bits per heavy atom. The summed E-state index contributed by atoms with van der Waals surface area (Å²) in [5, 5.41) is 13.4. The van der Waals surface area contributed by atoms with Gasteiger partial charge in [-0.1, -0.05) is 12.8 Å². The number of piperidine rings is 1. The molecule has 3 heteroatoms. The molecule has 1 aliphatic carbocycles. The number of aliphatic hydroxyl groups excluding tert-OH is 1. The van der Waals surface area contributed by atoms with E-state index in [4.69, 9.17) is 0 Å². The summed E-state index contributed by atoms with van der Waals surface area (Å²) in [6, 6.07) is 1.55. The Hall–Kier alpha value is -0.120. The van der Waals surface area contributed by atoms with Crippen LogP contribution in [0.2, 0.25) is 0 Å². The molecule has 2 saturated heterocycles. The second-order valence-corrected chi connectivity index (χ2v) is 6.80. The fraction of sp³-hybridized carbons (Fsp3) is 1.00. The number of hydrogen-bond donors (Lipinski definition) is 2. The number of nitrogens with zero attached hydrogens (tertiary/aromatic N) is 1. The van der Waals surface area contributed by atoms with E-state index in [1.165, 1.54) is 64.5 Å². The van der Waals surface area contributed by atoms with Crippen molar-refractivity contribution < 1.29 is 5.11 Å². The molecule has 2 aliphatic heterocycles. The fourth-order valence-corrected chi connectivity index (χ4v) is 4.29. The Morgan fingerprint density at radius 2 is 1.94 bits per heavy atom. The van der Waals surface area contributed by atoms with E-state index >= 15 is 0 Å². The molecule has 0 aromatic rings. The normalized spacial score (nSPS) is 35.8. The molecule has 0 spiro atoms.